The summed E-state index contributed by atoms with van der Waals surface area (Å²) in [5.74, 6) is 0. The van der Waals surface area contributed by atoms with E-state index in [2.05, 4.69) is 27.9 Å². The van der Waals surface area contributed by atoms with E-state index in [0.717, 1.165) is 0 Å². The van der Waals surface area contributed by atoms with Gasteiger partial charge < -0.3 is 0 Å². The van der Waals surface area contributed by atoms with Gasteiger partial charge in [0, 0.05) is 0 Å². The summed E-state index contributed by atoms with van der Waals surface area (Å²) in [5.41, 5.74) is 0.852. The Morgan fingerprint density at radius 2 is 2.42 bits per heavy atom. The molecule has 2 heterocycles. The smallest absolute Gasteiger partial charge is 0.177 e. The van der Waals surface area contributed by atoms with Crippen molar-refractivity contribution in [1.82, 2.24) is 19.8 Å². The Bertz CT molecular complexity index is 413. The van der Waals surface area contributed by atoms with Gasteiger partial charge in [0.15, 0.2) is 5.65 Å². The first-order valence-electron chi connectivity index (χ1n) is 3.26. The molecule has 0 atom stereocenters. The number of aromatic nitrogens is 4. The van der Waals surface area contributed by atoms with E-state index in [9.17, 15) is 4.39 Å². The lowest BCUT2D eigenvalue weighted by Crippen LogP contribution is -1.96. The first-order chi connectivity index (χ1) is 5.81. The molecule has 0 N–H and O–H groups in total. The van der Waals surface area contributed by atoms with E-state index in [0.29, 0.717) is 16.4 Å². The van der Waals surface area contributed by atoms with Crippen molar-refractivity contribution in [2.45, 2.75) is 11.7 Å². The fraction of sp³-hybridized carbons (Fsp3) is 0.167. The highest BCUT2D eigenvalue weighted by Gasteiger charge is 2.03. The van der Waals surface area contributed by atoms with E-state index in [4.69, 9.17) is 0 Å². The molecule has 0 aliphatic carbocycles. The molecule has 0 unspecified atom stereocenters. The zero-order valence-corrected chi connectivity index (χ0v) is 6.87. The van der Waals surface area contributed by atoms with Crippen LogP contribution in [0.2, 0.25) is 0 Å². The van der Waals surface area contributed by atoms with Crippen LogP contribution in [0.5, 0.6) is 0 Å². The van der Waals surface area contributed by atoms with Crippen LogP contribution in [0, 0.1) is 0 Å². The van der Waals surface area contributed by atoms with Gasteiger partial charge >= 0.3 is 0 Å². The van der Waals surface area contributed by atoms with Gasteiger partial charge in [0.2, 0.25) is 0 Å². The summed E-state index contributed by atoms with van der Waals surface area (Å²) < 4.78 is 13.6. The third-order valence-electron chi connectivity index (χ3n) is 1.44. The molecule has 0 spiro atoms. The van der Waals surface area contributed by atoms with E-state index in [-0.39, 0.29) is 0 Å². The zero-order chi connectivity index (χ0) is 8.55. The van der Waals surface area contributed by atoms with E-state index < -0.39 is 6.67 Å². The minimum Gasteiger partial charge on any atom is -0.244 e. The molecular weight excluding hydrogens is 179 g/mol. The molecule has 0 aliphatic rings. The predicted molar refractivity (Wildman–Crippen MR) is 42.8 cm³/mol. The van der Waals surface area contributed by atoms with Crippen molar-refractivity contribution in [2.75, 3.05) is 0 Å². The van der Waals surface area contributed by atoms with E-state index in [1.807, 2.05) is 0 Å². The summed E-state index contributed by atoms with van der Waals surface area (Å²) in [6.07, 6.45) is 1.46. The second kappa shape index (κ2) is 2.71. The van der Waals surface area contributed by atoms with Gasteiger partial charge in [-0.1, -0.05) is 5.21 Å². The van der Waals surface area contributed by atoms with Crippen LogP contribution in [0.3, 0.4) is 0 Å². The molecule has 62 valence electrons. The standard InChI is InChI=1S/C6H5FN4S/c7-2-4-1-6(12)11-5(9-4)3-8-10-11/h1,3,12H,2H2. The number of alkyl halides is 1. The van der Waals surface area contributed by atoms with Crippen LogP contribution in [0.4, 0.5) is 4.39 Å². The molecule has 0 saturated carbocycles. The van der Waals surface area contributed by atoms with Gasteiger partial charge in [-0.2, -0.15) is 4.52 Å². The minimum atomic E-state index is -0.602. The van der Waals surface area contributed by atoms with Gasteiger partial charge in [-0.05, 0) is 6.07 Å². The molecule has 12 heavy (non-hydrogen) atoms. The zero-order valence-electron chi connectivity index (χ0n) is 5.98. The van der Waals surface area contributed by atoms with Crippen molar-refractivity contribution >= 4 is 18.3 Å². The molecule has 6 heteroatoms. The number of fused-ring (bicyclic) bond motifs is 1. The summed E-state index contributed by atoms with van der Waals surface area (Å²) in [6.45, 7) is -0.602. The van der Waals surface area contributed by atoms with Gasteiger partial charge in [-0.25, -0.2) is 9.37 Å². The largest absolute Gasteiger partial charge is 0.244 e. The predicted octanol–water partition coefficient (Wildman–Crippen LogP) is 0.882. The summed E-state index contributed by atoms with van der Waals surface area (Å²) in [7, 11) is 0. The van der Waals surface area contributed by atoms with Crippen LogP contribution in [-0.4, -0.2) is 19.8 Å². The number of thiol groups is 1. The van der Waals surface area contributed by atoms with Crippen LogP contribution in [0.15, 0.2) is 17.3 Å². The lowest BCUT2D eigenvalue weighted by Gasteiger charge is -1.97. The van der Waals surface area contributed by atoms with Crippen LogP contribution in [-0.2, 0) is 6.67 Å². The van der Waals surface area contributed by atoms with Gasteiger partial charge in [0.05, 0.1) is 11.9 Å². The first kappa shape index (κ1) is 7.48. The van der Waals surface area contributed by atoms with Gasteiger partial charge in [0.1, 0.15) is 11.7 Å². The Hall–Kier alpha value is -1.17. The molecule has 4 nitrogen and oxygen atoms in total. The van der Waals surface area contributed by atoms with Gasteiger partial charge in [0.25, 0.3) is 0 Å². The molecule has 0 aromatic carbocycles. The summed E-state index contributed by atoms with van der Waals surface area (Å²) >= 11 is 4.09. The molecule has 0 bridgehead atoms. The second-order valence-electron chi connectivity index (χ2n) is 2.24. The topological polar surface area (TPSA) is 43.1 Å². The summed E-state index contributed by atoms with van der Waals surface area (Å²) in [4.78, 5) is 3.93. The highest BCUT2D eigenvalue weighted by molar-refractivity contribution is 7.80. The summed E-state index contributed by atoms with van der Waals surface area (Å²) in [6, 6.07) is 1.52. The van der Waals surface area contributed by atoms with Crippen molar-refractivity contribution in [2.24, 2.45) is 0 Å². The molecule has 0 saturated heterocycles. The lowest BCUT2D eigenvalue weighted by atomic mass is 10.4. The minimum absolute atomic E-state index is 0.342. The van der Waals surface area contributed by atoms with E-state index in [1.165, 1.54) is 16.8 Å². The molecule has 2 aromatic rings. The van der Waals surface area contributed by atoms with Crippen molar-refractivity contribution in [3.05, 3.63) is 18.0 Å². The Labute approximate surface area is 72.8 Å². The molecule has 2 aromatic heterocycles. The van der Waals surface area contributed by atoms with Crippen LogP contribution in [0.1, 0.15) is 5.69 Å². The summed E-state index contributed by atoms with van der Waals surface area (Å²) in [5, 5.41) is 7.85. The fourth-order valence-electron chi connectivity index (χ4n) is 0.927. The molecule has 0 aliphatic heterocycles. The maximum absolute atomic E-state index is 12.2. The SMILES string of the molecule is FCc1cc(S)n2nncc2n1. The molecule has 0 amide bonds. The Balaban J connectivity index is 2.75. The Kier molecular flexibility index (Phi) is 1.69. The monoisotopic (exact) mass is 184 g/mol. The van der Waals surface area contributed by atoms with Crippen LogP contribution >= 0.6 is 12.6 Å². The number of halogens is 1. The second-order valence-corrected chi connectivity index (χ2v) is 2.70. The number of nitrogens with zero attached hydrogens (tertiary/aromatic N) is 4. The maximum Gasteiger partial charge on any atom is 0.177 e. The average molecular weight is 184 g/mol. The Morgan fingerprint density at radius 1 is 1.58 bits per heavy atom. The van der Waals surface area contributed by atoms with Gasteiger partial charge in [-0.3, -0.25) is 0 Å². The molecule has 2 rings (SSSR count). The maximum atomic E-state index is 12.2. The first-order valence-corrected chi connectivity index (χ1v) is 3.71. The third-order valence-corrected chi connectivity index (χ3v) is 1.76. The number of hydrogen-bond acceptors (Lipinski definition) is 4. The third kappa shape index (κ3) is 1.04. The highest BCUT2D eigenvalue weighted by atomic mass is 32.1. The normalized spacial score (nSPS) is 10.8. The Morgan fingerprint density at radius 3 is 3.17 bits per heavy atom. The van der Waals surface area contributed by atoms with Crippen molar-refractivity contribution < 1.29 is 4.39 Å². The van der Waals surface area contributed by atoms with Crippen LogP contribution < -0.4 is 0 Å². The molecule has 0 radical (unpaired) electrons. The van der Waals surface area contributed by atoms with Crippen LogP contribution in [0.25, 0.3) is 5.65 Å². The van der Waals surface area contributed by atoms with E-state index in [1.54, 1.807) is 0 Å². The average Bonchev–Trinajstić information content (AvgIpc) is 2.52. The number of rotatable bonds is 1. The quantitative estimate of drug-likeness (QED) is 0.528. The van der Waals surface area contributed by atoms with Gasteiger partial charge in [-0.15, -0.1) is 17.7 Å². The molecular formula is C6H5FN4S. The van der Waals surface area contributed by atoms with Crippen molar-refractivity contribution in [1.29, 1.82) is 0 Å². The highest BCUT2D eigenvalue weighted by Crippen LogP contribution is 2.10. The van der Waals surface area contributed by atoms with Crippen molar-refractivity contribution in [3.8, 4) is 0 Å². The molecule has 0 fully saturated rings. The number of hydrogen-bond donors (Lipinski definition) is 1. The van der Waals surface area contributed by atoms with Crippen molar-refractivity contribution in [3.63, 3.8) is 0 Å². The lowest BCUT2D eigenvalue weighted by molar-refractivity contribution is 0.474. The van der Waals surface area contributed by atoms with E-state index >= 15 is 0 Å². The fourth-order valence-corrected chi connectivity index (χ4v) is 1.22.